The maximum Gasteiger partial charge on any atom is 0.177 e. The number of nitrogens with zero attached hydrogens (tertiary/aromatic N) is 2. The minimum atomic E-state index is -0.508. The van der Waals surface area contributed by atoms with Crippen LogP contribution >= 0.6 is 15.9 Å². The Labute approximate surface area is 103 Å². The molecule has 0 saturated carbocycles. The fourth-order valence-corrected chi connectivity index (χ4v) is 2.07. The highest BCUT2D eigenvalue weighted by atomic mass is 79.9. The van der Waals surface area contributed by atoms with Crippen LogP contribution in [-0.2, 0) is 6.54 Å². The molecule has 84 valence electrons. The van der Waals surface area contributed by atoms with Crippen LogP contribution in [0.15, 0.2) is 41.4 Å². The molecule has 0 spiro atoms. The zero-order chi connectivity index (χ0) is 11.5. The summed E-state index contributed by atoms with van der Waals surface area (Å²) in [7, 11) is 0. The van der Waals surface area contributed by atoms with E-state index in [0.29, 0.717) is 6.54 Å². The van der Waals surface area contributed by atoms with E-state index in [-0.39, 0.29) is 0 Å². The van der Waals surface area contributed by atoms with Crippen LogP contribution in [0.4, 0.5) is 0 Å². The number of aliphatic hydroxyl groups is 1. The first kappa shape index (κ1) is 11.4. The number of imidazole rings is 1. The molecule has 0 amide bonds. The Morgan fingerprint density at radius 2 is 2.19 bits per heavy atom. The second-order valence-electron chi connectivity index (χ2n) is 3.72. The number of aryl methyl sites for hydroxylation is 1. The number of benzene rings is 1. The highest BCUT2D eigenvalue weighted by Gasteiger charge is 2.11. The summed E-state index contributed by atoms with van der Waals surface area (Å²) in [5.41, 5.74) is 2.06. The van der Waals surface area contributed by atoms with E-state index in [1.165, 1.54) is 0 Å². The molecule has 1 heterocycles. The van der Waals surface area contributed by atoms with E-state index < -0.39 is 6.10 Å². The molecule has 3 nitrogen and oxygen atoms in total. The normalized spacial score (nSPS) is 12.7. The largest absolute Gasteiger partial charge is 0.387 e. The van der Waals surface area contributed by atoms with Crippen molar-refractivity contribution in [1.82, 2.24) is 9.55 Å². The summed E-state index contributed by atoms with van der Waals surface area (Å²) in [4.78, 5) is 4.05. The molecule has 0 aliphatic carbocycles. The van der Waals surface area contributed by atoms with Gasteiger partial charge in [0.25, 0.3) is 0 Å². The predicted molar refractivity (Wildman–Crippen MR) is 66.1 cm³/mol. The highest BCUT2D eigenvalue weighted by molar-refractivity contribution is 9.10. The standard InChI is InChI=1S/C12H13BrN2O/c1-9-4-2-3-5-10(9)11(16)8-15-7-6-14-12(15)13/h2-7,11,16H,8H2,1H3. The first-order chi connectivity index (χ1) is 7.68. The Balaban J connectivity index is 2.18. The van der Waals surface area contributed by atoms with Crippen LogP contribution in [-0.4, -0.2) is 14.7 Å². The molecule has 2 aromatic rings. The average Bonchev–Trinajstić information content (AvgIpc) is 2.65. The molecule has 2 rings (SSSR count). The molecule has 1 atom stereocenters. The SMILES string of the molecule is Cc1ccccc1C(O)Cn1ccnc1Br. The van der Waals surface area contributed by atoms with E-state index in [9.17, 15) is 5.11 Å². The van der Waals surface area contributed by atoms with Crippen molar-refractivity contribution in [2.75, 3.05) is 0 Å². The van der Waals surface area contributed by atoms with Gasteiger partial charge < -0.3 is 9.67 Å². The maximum atomic E-state index is 10.1. The fourth-order valence-electron chi connectivity index (χ4n) is 1.69. The van der Waals surface area contributed by atoms with Gasteiger partial charge in [-0.3, -0.25) is 0 Å². The van der Waals surface area contributed by atoms with Crippen LogP contribution in [0.3, 0.4) is 0 Å². The van der Waals surface area contributed by atoms with Gasteiger partial charge in [0.15, 0.2) is 4.73 Å². The van der Waals surface area contributed by atoms with Crippen LogP contribution in [0.1, 0.15) is 17.2 Å². The zero-order valence-electron chi connectivity index (χ0n) is 8.97. The van der Waals surface area contributed by atoms with Gasteiger partial charge in [0.05, 0.1) is 12.6 Å². The first-order valence-electron chi connectivity index (χ1n) is 5.08. The lowest BCUT2D eigenvalue weighted by Crippen LogP contribution is -2.09. The first-order valence-corrected chi connectivity index (χ1v) is 5.88. The van der Waals surface area contributed by atoms with Crippen molar-refractivity contribution >= 4 is 15.9 Å². The average molecular weight is 281 g/mol. The third-order valence-electron chi connectivity index (χ3n) is 2.58. The molecule has 16 heavy (non-hydrogen) atoms. The van der Waals surface area contributed by atoms with Crippen molar-refractivity contribution in [1.29, 1.82) is 0 Å². The summed E-state index contributed by atoms with van der Waals surface area (Å²) in [5.74, 6) is 0. The lowest BCUT2D eigenvalue weighted by atomic mass is 10.0. The molecule has 1 N–H and O–H groups in total. The number of aromatic nitrogens is 2. The van der Waals surface area contributed by atoms with E-state index in [4.69, 9.17) is 0 Å². The number of hydrogen-bond donors (Lipinski definition) is 1. The van der Waals surface area contributed by atoms with Crippen LogP contribution in [0.2, 0.25) is 0 Å². The Morgan fingerprint density at radius 3 is 2.81 bits per heavy atom. The second kappa shape index (κ2) is 4.80. The van der Waals surface area contributed by atoms with Crippen LogP contribution in [0, 0.1) is 6.92 Å². The lowest BCUT2D eigenvalue weighted by molar-refractivity contribution is 0.155. The van der Waals surface area contributed by atoms with Crippen molar-refractivity contribution in [3.05, 3.63) is 52.5 Å². The molecule has 0 bridgehead atoms. The Kier molecular flexibility index (Phi) is 3.41. The van der Waals surface area contributed by atoms with Crippen LogP contribution in [0.5, 0.6) is 0 Å². The maximum absolute atomic E-state index is 10.1. The van der Waals surface area contributed by atoms with Gasteiger partial charge in [-0.05, 0) is 34.0 Å². The molecular weight excluding hydrogens is 268 g/mol. The minimum absolute atomic E-state index is 0.505. The monoisotopic (exact) mass is 280 g/mol. The fraction of sp³-hybridized carbons (Fsp3) is 0.250. The van der Waals surface area contributed by atoms with Crippen molar-refractivity contribution in [3.63, 3.8) is 0 Å². The summed E-state index contributed by atoms with van der Waals surface area (Å²) in [6.07, 6.45) is 3.03. The Hall–Kier alpha value is -1.13. The summed E-state index contributed by atoms with van der Waals surface area (Å²) in [6, 6.07) is 7.86. The van der Waals surface area contributed by atoms with Crippen molar-refractivity contribution in [2.24, 2.45) is 0 Å². The molecule has 4 heteroatoms. The van der Waals surface area contributed by atoms with Crippen molar-refractivity contribution in [3.8, 4) is 0 Å². The third kappa shape index (κ3) is 2.33. The molecule has 1 unspecified atom stereocenters. The number of aliphatic hydroxyl groups excluding tert-OH is 1. The van der Waals surface area contributed by atoms with Gasteiger partial charge in [0, 0.05) is 12.4 Å². The van der Waals surface area contributed by atoms with Crippen LogP contribution in [0.25, 0.3) is 0 Å². The van der Waals surface area contributed by atoms with Crippen LogP contribution < -0.4 is 0 Å². The summed E-state index contributed by atoms with van der Waals surface area (Å²) < 4.78 is 2.61. The molecule has 0 saturated heterocycles. The second-order valence-corrected chi connectivity index (χ2v) is 4.43. The number of halogens is 1. The van der Waals surface area contributed by atoms with E-state index >= 15 is 0 Å². The Morgan fingerprint density at radius 1 is 1.44 bits per heavy atom. The van der Waals surface area contributed by atoms with Crippen molar-refractivity contribution in [2.45, 2.75) is 19.6 Å². The molecule has 0 radical (unpaired) electrons. The smallest absolute Gasteiger partial charge is 0.177 e. The summed E-state index contributed by atoms with van der Waals surface area (Å²) >= 11 is 3.33. The zero-order valence-corrected chi connectivity index (χ0v) is 10.6. The van der Waals surface area contributed by atoms with Gasteiger partial charge in [0.1, 0.15) is 0 Å². The van der Waals surface area contributed by atoms with Gasteiger partial charge in [-0.1, -0.05) is 24.3 Å². The minimum Gasteiger partial charge on any atom is -0.387 e. The number of hydrogen-bond acceptors (Lipinski definition) is 2. The van der Waals surface area contributed by atoms with Gasteiger partial charge in [-0.15, -0.1) is 0 Å². The molecular formula is C12H13BrN2O. The van der Waals surface area contributed by atoms with Gasteiger partial charge in [-0.2, -0.15) is 0 Å². The van der Waals surface area contributed by atoms with Gasteiger partial charge in [-0.25, -0.2) is 4.98 Å². The van der Waals surface area contributed by atoms with E-state index in [1.807, 2.05) is 42.0 Å². The predicted octanol–water partition coefficient (Wildman–Crippen LogP) is 2.69. The van der Waals surface area contributed by atoms with E-state index in [0.717, 1.165) is 15.9 Å². The summed E-state index contributed by atoms with van der Waals surface area (Å²) in [6.45, 7) is 2.51. The molecule has 0 fully saturated rings. The van der Waals surface area contributed by atoms with E-state index in [1.54, 1.807) is 6.20 Å². The molecule has 0 aliphatic heterocycles. The molecule has 1 aromatic carbocycles. The quantitative estimate of drug-likeness (QED) is 0.939. The van der Waals surface area contributed by atoms with Gasteiger partial charge >= 0.3 is 0 Å². The van der Waals surface area contributed by atoms with Crippen molar-refractivity contribution < 1.29 is 5.11 Å². The lowest BCUT2D eigenvalue weighted by Gasteiger charge is -2.14. The van der Waals surface area contributed by atoms with Gasteiger partial charge in [0.2, 0.25) is 0 Å². The molecule has 0 aliphatic rings. The topological polar surface area (TPSA) is 38.0 Å². The third-order valence-corrected chi connectivity index (χ3v) is 3.24. The summed E-state index contributed by atoms with van der Waals surface area (Å²) in [5, 5.41) is 10.1. The van der Waals surface area contributed by atoms with E-state index in [2.05, 4.69) is 20.9 Å². The number of rotatable bonds is 3. The molecule has 1 aromatic heterocycles. The highest BCUT2D eigenvalue weighted by Crippen LogP contribution is 2.20. The Bertz CT molecular complexity index is 481.